The van der Waals surface area contributed by atoms with Crippen LogP contribution in [0.25, 0.3) is 0 Å². The lowest BCUT2D eigenvalue weighted by molar-refractivity contribution is -0.991. The van der Waals surface area contributed by atoms with Crippen LogP contribution in [0.15, 0.2) is 18.2 Å². The molecule has 1 saturated heterocycles. The first-order valence-electron chi connectivity index (χ1n) is 9.89. The number of ether oxygens (including phenoxy) is 1. The molecule has 1 amide bonds. The molecule has 0 radical (unpaired) electrons. The number of benzene rings is 1. The molecule has 8 nitrogen and oxygen atoms in total. The maximum Gasteiger partial charge on any atom is 0.340 e. The quantitative estimate of drug-likeness (QED) is 0.583. The van der Waals surface area contributed by atoms with Gasteiger partial charge in [-0.2, -0.15) is 5.23 Å². The highest BCUT2D eigenvalue weighted by Gasteiger charge is 2.36. The van der Waals surface area contributed by atoms with Crippen molar-refractivity contribution in [2.75, 3.05) is 32.1 Å². The summed E-state index contributed by atoms with van der Waals surface area (Å²) in [7, 11) is 3.52. The van der Waals surface area contributed by atoms with Crippen LogP contribution in [0.2, 0.25) is 0 Å². The maximum absolute atomic E-state index is 12.7. The molecular formula is C20H29N3O5. The second kappa shape index (κ2) is 8.89. The number of anilines is 1. The molecule has 0 spiro atoms. The molecule has 154 valence electrons. The van der Waals surface area contributed by atoms with Crippen LogP contribution in [0.4, 0.5) is 11.4 Å². The van der Waals surface area contributed by atoms with Gasteiger partial charge in [-0.1, -0.05) is 12.8 Å². The first kappa shape index (κ1) is 20.6. The molecule has 3 unspecified atom stereocenters. The lowest BCUT2D eigenvalue weighted by atomic mass is 9.78. The zero-order valence-corrected chi connectivity index (χ0v) is 16.5. The van der Waals surface area contributed by atoms with E-state index < -0.39 is 11.2 Å². The molecule has 1 aromatic carbocycles. The average molecular weight is 391 g/mol. The summed E-state index contributed by atoms with van der Waals surface area (Å²) >= 11 is 0. The van der Waals surface area contributed by atoms with E-state index in [4.69, 9.17) is 4.74 Å². The van der Waals surface area contributed by atoms with Gasteiger partial charge in [-0.05, 0) is 37.7 Å². The lowest BCUT2D eigenvalue weighted by Gasteiger charge is -2.44. The molecule has 2 N–H and O–H groups in total. The Morgan fingerprint density at radius 1 is 1.25 bits per heavy atom. The molecule has 28 heavy (non-hydrogen) atoms. The van der Waals surface area contributed by atoms with E-state index >= 15 is 0 Å². The van der Waals surface area contributed by atoms with Gasteiger partial charge in [0.15, 0.2) is 12.3 Å². The Bertz CT molecular complexity index is 720. The predicted octanol–water partition coefficient (Wildman–Crippen LogP) is 1.49. The normalized spacial score (nSPS) is 22.9. The summed E-state index contributed by atoms with van der Waals surface area (Å²) < 4.78 is 5.30. The number of amides is 1. The zero-order valence-electron chi connectivity index (χ0n) is 16.5. The van der Waals surface area contributed by atoms with Crippen LogP contribution < -0.4 is 10.1 Å². The molecule has 3 atom stereocenters. The van der Waals surface area contributed by atoms with Crippen LogP contribution in [0.5, 0.6) is 0 Å². The summed E-state index contributed by atoms with van der Waals surface area (Å²) in [4.78, 5) is 28.9. The van der Waals surface area contributed by atoms with Crippen LogP contribution in [0.1, 0.15) is 48.9 Å². The topological polar surface area (TPSA) is 97.6 Å². The maximum atomic E-state index is 12.7. The van der Waals surface area contributed by atoms with Crippen molar-refractivity contribution in [1.82, 2.24) is 4.90 Å². The number of likely N-dealkylation sites (tertiary alicyclic amines) is 1. The van der Waals surface area contributed by atoms with Crippen LogP contribution in [-0.2, 0) is 9.53 Å². The van der Waals surface area contributed by atoms with Gasteiger partial charge in [-0.3, -0.25) is 4.79 Å². The van der Waals surface area contributed by atoms with Crippen LogP contribution in [0, 0.1) is 11.1 Å². The molecule has 2 fully saturated rings. The lowest BCUT2D eigenvalue weighted by Crippen LogP contribution is -2.99. The van der Waals surface area contributed by atoms with Crippen molar-refractivity contribution in [2.45, 2.75) is 44.6 Å². The van der Waals surface area contributed by atoms with Crippen molar-refractivity contribution in [3.8, 4) is 0 Å². The molecule has 8 heteroatoms. The summed E-state index contributed by atoms with van der Waals surface area (Å²) in [5, 5.41) is 19.3. The van der Waals surface area contributed by atoms with E-state index in [0.29, 0.717) is 11.6 Å². The van der Waals surface area contributed by atoms with E-state index in [1.807, 2.05) is 4.90 Å². The number of nitrogens with zero attached hydrogens (tertiary/aromatic N) is 2. The third-order valence-corrected chi connectivity index (χ3v) is 5.84. The van der Waals surface area contributed by atoms with Crippen LogP contribution in [0.3, 0.4) is 0 Å². The Labute approximate surface area is 165 Å². The number of carbonyl (C=O) groups is 2. The Kier molecular flexibility index (Phi) is 6.53. The first-order valence-corrected chi connectivity index (χ1v) is 9.89. The highest BCUT2D eigenvalue weighted by atomic mass is 16.8. The summed E-state index contributed by atoms with van der Waals surface area (Å²) in [6.07, 6.45) is 6.72. The van der Waals surface area contributed by atoms with Crippen molar-refractivity contribution >= 4 is 23.3 Å². The third-order valence-electron chi connectivity index (χ3n) is 5.84. The number of piperidine rings is 1. The minimum absolute atomic E-state index is 0.00459. The molecular weight excluding hydrogens is 362 g/mol. The molecule has 1 saturated carbocycles. The van der Waals surface area contributed by atoms with Gasteiger partial charge in [0, 0.05) is 38.8 Å². The Balaban J connectivity index is 1.68. The average Bonchev–Trinajstić information content (AvgIpc) is 2.70. The van der Waals surface area contributed by atoms with Gasteiger partial charge in [0.05, 0.1) is 11.3 Å². The summed E-state index contributed by atoms with van der Waals surface area (Å²) in [5.74, 6) is -0.280. The number of hydrogen-bond donors (Lipinski definition) is 2. The Hall–Kier alpha value is -2.16. The van der Waals surface area contributed by atoms with Gasteiger partial charge < -0.3 is 19.7 Å². The number of esters is 1. The van der Waals surface area contributed by atoms with Crippen molar-refractivity contribution in [1.29, 1.82) is 0 Å². The van der Waals surface area contributed by atoms with E-state index in [1.165, 1.54) is 31.4 Å². The fraction of sp³-hybridized carbons (Fsp3) is 0.600. The second-order valence-electron chi connectivity index (χ2n) is 7.85. The summed E-state index contributed by atoms with van der Waals surface area (Å²) in [6, 6.07) is 4.57. The predicted molar refractivity (Wildman–Crippen MR) is 104 cm³/mol. The number of nitrogens with one attached hydrogen (secondary N) is 1. The van der Waals surface area contributed by atoms with E-state index in [9.17, 15) is 20.0 Å². The summed E-state index contributed by atoms with van der Waals surface area (Å²) in [6.45, 7) is 0.404. The second-order valence-corrected chi connectivity index (χ2v) is 7.85. The monoisotopic (exact) mass is 391 g/mol. The highest BCUT2D eigenvalue weighted by Crippen LogP contribution is 2.35. The highest BCUT2D eigenvalue weighted by molar-refractivity contribution is 5.97. The number of quaternary nitrogens is 1. The Morgan fingerprint density at radius 2 is 1.96 bits per heavy atom. The third kappa shape index (κ3) is 4.45. The standard InChI is InChI=1S/C20H29N3O5/c1-21(2)18-10-9-15(23(26)27)12-16(18)20(25)28-13-19(24)22-11-5-7-14-6-3-4-8-17(14)22/h9-10,12,14,17,23,26H,3-8,11,13H2,1-2H3. The van der Waals surface area contributed by atoms with Crippen LogP contribution >= 0.6 is 0 Å². The number of hydrogen-bond acceptors (Lipinski definition) is 6. The molecule has 0 bridgehead atoms. The molecule has 1 aliphatic heterocycles. The molecule has 1 aromatic rings. The van der Waals surface area contributed by atoms with Crippen molar-refractivity contribution in [3.63, 3.8) is 0 Å². The van der Waals surface area contributed by atoms with Gasteiger partial charge in [-0.25, -0.2) is 10.0 Å². The number of rotatable bonds is 5. The zero-order chi connectivity index (χ0) is 20.3. The summed E-state index contributed by atoms with van der Waals surface area (Å²) in [5.41, 5.74) is 0.699. The molecule has 1 aliphatic carbocycles. The van der Waals surface area contributed by atoms with Gasteiger partial charge >= 0.3 is 5.97 Å². The van der Waals surface area contributed by atoms with Crippen molar-refractivity contribution in [2.24, 2.45) is 5.92 Å². The van der Waals surface area contributed by atoms with E-state index in [1.54, 1.807) is 25.1 Å². The molecule has 3 rings (SSSR count). The molecule has 1 heterocycles. The van der Waals surface area contributed by atoms with Crippen LogP contribution in [-0.4, -0.2) is 55.3 Å². The van der Waals surface area contributed by atoms with Gasteiger partial charge in [0.2, 0.25) is 0 Å². The Morgan fingerprint density at radius 3 is 2.68 bits per heavy atom. The van der Waals surface area contributed by atoms with Gasteiger partial charge in [0.1, 0.15) is 0 Å². The van der Waals surface area contributed by atoms with Gasteiger partial charge in [0.25, 0.3) is 5.91 Å². The number of carbonyl (C=O) groups excluding carboxylic acids is 2. The van der Waals surface area contributed by atoms with E-state index in [-0.39, 0.29) is 29.8 Å². The van der Waals surface area contributed by atoms with E-state index in [2.05, 4.69) is 0 Å². The first-order chi connectivity index (χ1) is 13.4. The van der Waals surface area contributed by atoms with Crippen molar-refractivity contribution < 1.29 is 24.8 Å². The minimum Gasteiger partial charge on any atom is -0.595 e. The largest absolute Gasteiger partial charge is 0.595 e. The minimum atomic E-state index is -1.12. The molecule has 0 aromatic heterocycles. The smallest absolute Gasteiger partial charge is 0.340 e. The molecule has 2 aliphatic rings. The number of fused-ring (bicyclic) bond motifs is 1. The fourth-order valence-electron chi connectivity index (χ4n) is 4.44. The van der Waals surface area contributed by atoms with Gasteiger partial charge in [-0.15, -0.1) is 0 Å². The van der Waals surface area contributed by atoms with Crippen molar-refractivity contribution in [3.05, 3.63) is 29.0 Å². The SMILES string of the molecule is CN(C)c1ccc([NH+]([O-])O)cc1C(=O)OCC(=O)N1CCCC2CCCCC21. The fourth-order valence-corrected chi connectivity index (χ4v) is 4.44. The van der Waals surface area contributed by atoms with E-state index in [0.717, 1.165) is 25.8 Å².